The Bertz CT molecular complexity index is 148. The molecule has 1 amide bonds. The molecule has 4 nitrogen and oxygen atoms in total. The van der Waals surface area contributed by atoms with Gasteiger partial charge in [-0.25, -0.2) is 0 Å². The summed E-state index contributed by atoms with van der Waals surface area (Å²) in [6.45, 7) is 6.90. The molecule has 0 fully saturated rings. The van der Waals surface area contributed by atoms with E-state index >= 15 is 0 Å². The molecule has 0 aromatic rings. The van der Waals surface area contributed by atoms with E-state index < -0.39 is 0 Å². The molecule has 78 valence electrons. The van der Waals surface area contributed by atoms with Gasteiger partial charge < -0.3 is 16.0 Å². The normalized spacial score (nSPS) is 11.2. The molecule has 0 spiro atoms. The van der Waals surface area contributed by atoms with Crippen LogP contribution in [0.5, 0.6) is 0 Å². The van der Waals surface area contributed by atoms with Gasteiger partial charge in [0.1, 0.15) is 0 Å². The van der Waals surface area contributed by atoms with Crippen LogP contribution in [-0.4, -0.2) is 43.5 Å². The average Bonchev–Trinajstić information content (AvgIpc) is 2.02. The zero-order valence-corrected chi connectivity index (χ0v) is 8.84. The number of carbonyl (C=O) groups excluding carboxylic acids is 1. The minimum atomic E-state index is -0.246. The highest BCUT2D eigenvalue weighted by atomic mass is 16.1. The molecule has 0 rings (SSSR count). The van der Waals surface area contributed by atoms with E-state index in [1.165, 1.54) is 0 Å². The van der Waals surface area contributed by atoms with Gasteiger partial charge in [0.05, 0.1) is 0 Å². The summed E-state index contributed by atoms with van der Waals surface area (Å²) in [6.07, 6.45) is 0.422. The van der Waals surface area contributed by atoms with Gasteiger partial charge in [-0.3, -0.25) is 4.79 Å². The first-order valence-electron chi connectivity index (χ1n) is 4.73. The van der Waals surface area contributed by atoms with Crippen LogP contribution in [0.4, 0.5) is 0 Å². The molecule has 0 aliphatic rings. The first-order chi connectivity index (χ1) is 6.04. The minimum absolute atomic E-state index is 0.246. The molecule has 0 saturated carbocycles. The summed E-state index contributed by atoms with van der Waals surface area (Å²) >= 11 is 0. The van der Waals surface area contributed by atoms with Crippen LogP contribution in [0.25, 0.3) is 0 Å². The van der Waals surface area contributed by atoms with Crippen molar-refractivity contribution in [1.82, 2.24) is 10.2 Å². The van der Waals surface area contributed by atoms with Crippen LogP contribution in [0.2, 0.25) is 0 Å². The molecule has 0 aliphatic carbocycles. The lowest BCUT2D eigenvalue weighted by Crippen LogP contribution is -2.34. The quantitative estimate of drug-likeness (QED) is 0.542. The van der Waals surface area contributed by atoms with Gasteiger partial charge in [-0.2, -0.15) is 0 Å². The van der Waals surface area contributed by atoms with Crippen LogP contribution >= 0.6 is 0 Å². The van der Waals surface area contributed by atoms with Gasteiger partial charge in [0, 0.05) is 32.1 Å². The molecule has 0 atom stereocenters. The Hall–Kier alpha value is -0.610. The first kappa shape index (κ1) is 12.4. The summed E-state index contributed by atoms with van der Waals surface area (Å²) in [5.41, 5.74) is 4.99. The Morgan fingerprint density at radius 2 is 2.08 bits per heavy atom. The molecule has 0 heterocycles. The fourth-order valence-electron chi connectivity index (χ4n) is 0.850. The SMILES string of the molecule is CC(C)N(C)CCNCCC(N)=O. The van der Waals surface area contributed by atoms with Gasteiger partial charge in [0.2, 0.25) is 5.91 Å². The Morgan fingerprint density at radius 1 is 1.46 bits per heavy atom. The zero-order chi connectivity index (χ0) is 10.3. The summed E-state index contributed by atoms with van der Waals surface area (Å²) in [4.78, 5) is 12.6. The van der Waals surface area contributed by atoms with Crippen LogP contribution in [0.1, 0.15) is 20.3 Å². The standard InChI is InChI=1S/C9H21N3O/c1-8(2)12(3)7-6-11-5-4-9(10)13/h8,11H,4-7H2,1-3H3,(H2,10,13). The van der Waals surface area contributed by atoms with Crippen LogP contribution in [0.15, 0.2) is 0 Å². The van der Waals surface area contributed by atoms with Crippen molar-refractivity contribution in [3.05, 3.63) is 0 Å². The van der Waals surface area contributed by atoms with E-state index in [9.17, 15) is 4.79 Å². The number of hydrogen-bond acceptors (Lipinski definition) is 3. The van der Waals surface area contributed by atoms with Crippen LogP contribution in [0.3, 0.4) is 0 Å². The molecule has 0 aromatic heterocycles. The minimum Gasteiger partial charge on any atom is -0.370 e. The van der Waals surface area contributed by atoms with Gasteiger partial charge in [0.25, 0.3) is 0 Å². The summed E-state index contributed by atoms with van der Waals surface area (Å²) < 4.78 is 0. The molecule has 4 heteroatoms. The van der Waals surface area contributed by atoms with E-state index in [0.29, 0.717) is 19.0 Å². The topological polar surface area (TPSA) is 58.4 Å². The lowest BCUT2D eigenvalue weighted by Gasteiger charge is -2.20. The number of nitrogens with one attached hydrogen (secondary N) is 1. The number of hydrogen-bond donors (Lipinski definition) is 2. The highest BCUT2D eigenvalue weighted by Crippen LogP contribution is 1.90. The molecule has 0 saturated heterocycles. The predicted octanol–water partition coefficient (Wildman–Crippen LogP) is -0.208. The third-order valence-electron chi connectivity index (χ3n) is 2.07. The van der Waals surface area contributed by atoms with Crippen molar-refractivity contribution in [3.8, 4) is 0 Å². The molecule has 3 N–H and O–H groups in total. The second-order valence-corrected chi connectivity index (χ2v) is 3.54. The Labute approximate surface area is 80.5 Å². The van der Waals surface area contributed by atoms with Gasteiger partial charge in [-0.05, 0) is 20.9 Å². The van der Waals surface area contributed by atoms with Crippen molar-refractivity contribution in [2.24, 2.45) is 5.73 Å². The second kappa shape index (κ2) is 6.86. The lowest BCUT2D eigenvalue weighted by molar-refractivity contribution is -0.117. The number of likely N-dealkylation sites (N-methyl/N-ethyl adjacent to an activating group) is 1. The number of rotatable bonds is 7. The molecule has 13 heavy (non-hydrogen) atoms. The number of nitrogens with two attached hydrogens (primary N) is 1. The monoisotopic (exact) mass is 187 g/mol. The third-order valence-corrected chi connectivity index (χ3v) is 2.07. The van der Waals surface area contributed by atoms with E-state index in [0.717, 1.165) is 13.1 Å². The van der Waals surface area contributed by atoms with Crippen molar-refractivity contribution < 1.29 is 4.79 Å². The van der Waals surface area contributed by atoms with Crippen molar-refractivity contribution in [2.45, 2.75) is 26.3 Å². The fraction of sp³-hybridized carbons (Fsp3) is 0.889. The van der Waals surface area contributed by atoms with Gasteiger partial charge >= 0.3 is 0 Å². The van der Waals surface area contributed by atoms with Crippen molar-refractivity contribution in [1.29, 1.82) is 0 Å². The molecule has 0 bridgehead atoms. The largest absolute Gasteiger partial charge is 0.370 e. The third kappa shape index (κ3) is 7.74. The lowest BCUT2D eigenvalue weighted by atomic mass is 10.3. The first-order valence-corrected chi connectivity index (χ1v) is 4.73. The van der Waals surface area contributed by atoms with Crippen LogP contribution < -0.4 is 11.1 Å². The van der Waals surface area contributed by atoms with Crippen LogP contribution in [0, 0.1) is 0 Å². The molecule has 0 aromatic carbocycles. The smallest absolute Gasteiger partial charge is 0.218 e. The van der Waals surface area contributed by atoms with E-state index in [4.69, 9.17) is 5.73 Å². The number of primary amides is 1. The van der Waals surface area contributed by atoms with E-state index in [1.807, 2.05) is 0 Å². The molecule has 0 unspecified atom stereocenters. The van der Waals surface area contributed by atoms with Crippen molar-refractivity contribution in [2.75, 3.05) is 26.7 Å². The maximum atomic E-state index is 10.4. The number of nitrogens with zero attached hydrogens (tertiary/aromatic N) is 1. The van der Waals surface area contributed by atoms with Crippen molar-refractivity contribution >= 4 is 5.91 Å². The average molecular weight is 187 g/mol. The Morgan fingerprint density at radius 3 is 2.54 bits per heavy atom. The highest BCUT2D eigenvalue weighted by molar-refractivity contribution is 5.73. The summed E-state index contributed by atoms with van der Waals surface area (Å²) in [7, 11) is 2.08. The summed E-state index contributed by atoms with van der Waals surface area (Å²) in [6, 6.07) is 0.568. The maximum Gasteiger partial charge on any atom is 0.218 e. The van der Waals surface area contributed by atoms with E-state index in [-0.39, 0.29) is 5.91 Å². The molecule has 0 radical (unpaired) electrons. The molecular formula is C9H21N3O. The number of carbonyl (C=O) groups is 1. The molecular weight excluding hydrogens is 166 g/mol. The van der Waals surface area contributed by atoms with Crippen LogP contribution in [-0.2, 0) is 4.79 Å². The summed E-state index contributed by atoms with van der Waals surface area (Å²) in [5.74, 6) is -0.246. The highest BCUT2D eigenvalue weighted by Gasteiger charge is 2.01. The van der Waals surface area contributed by atoms with Crippen molar-refractivity contribution in [3.63, 3.8) is 0 Å². The van der Waals surface area contributed by atoms with E-state index in [1.54, 1.807) is 0 Å². The number of amides is 1. The Kier molecular flexibility index (Phi) is 6.54. The maximum absolute atomic E-state index is 10.4. The Balaban J connectivity index is 3.21. The van der Waals surface area contributed by atoms with Gasteiger partial charge in [-0.1, -0.05) is 0 Å². The second-order valence-electron chi connectivity index (χ2n) is 3.54. The van der Waals surface area contributed by atoms with E-state index in [2.05, 4.69) is 31.1 Å². The van der Waals surface area contributed by atoms with Gasteiger partial charge in [-0.15, -0.1) is 0 Å². The van der Waals surface area contributed by atoms with Gasteiger partial charge in [0.15, 0.2) is 0 Å². The predicted molar refractivity (Wildman–Crippen MR) is 54.4 cm³/mol. The molecule has 0 aliphatic heterocycles. The summed E-state index contributed by atoms with van der Waals surface area (Å²) in [5, 5.41) is 3.16. The zero-order valence-electron chi connectivity index (χ0n) is 8.84. The fourth-order valence-corrected chi connectivity index (χ4v) is 0.850.